The Morgan fingerprint density at radius 3 is 1.50 bits per heavy atom. The van der Waals surface area contributed by atoms with Crippen LogP contribution in [0.3, 0.4) is 0 Å². The molecule has 0 unspecified atom stereocenters. The summed E-state index contributed by atoms with van der Waals surface area (Å²) >= 11 is 0. The van der Waals surface area contributed by atoms with Crippen LogP contribution in [0.5, 0.6) is 0 Å². The van der Waals surface area contributed by atoms with Crippen molar-refractivity contribution in [3.05, 3.63) is 114 Å². The van der Waals surface area contributed by atoms with Crippen molar-refractivity contribution in [2.75, 3.05) is 0 Å². The van der Waals surface area contributed by atoms with E-state index >= 15 is 4.39 Å². The number of hydrogen-bond acceptors (Lipinski definition) is 4. The molecule has 0 fully saturated rings. The van der Waals surface area contributed by atoms with Gasteiger partial charge < -0.3 is 0 Å². The second-order valence-corrected chi connectivity index (χ2v) is 13.0. The maximum absolute atomic E-state index is 16.4. The third-order valence-corrected chi connectivity index (χ3v) is 10.7. The third kappa shape index (κ3) is 5.07. The molecule has 0 atom stereocenters. The summed E-state index contributed by atoms with van der Waals surface area (Å²) in [6.45, 7) is 4.08. The highest BCUT2D eigenvalue weighted by Crippen LogP contribution is 2.40. The van der Waals surface area contributed by atoms with Crippen LogP contribution in [0.15, 0.2) is 119 Å². The Balaban J connectivity index is 1.98. The fourth-order valence-electron chi connectivity index (χ4n) is 3.50. The summed E-state index contributed by atoms with van der Waals surface area (Å²) in [5.41, 5.74) is 3.66. The number of rotatable bonds is 9. The lowest BCUT2D eigenvalue weighted by Crippen LogP contribution is -2.42. The number of hydrogen-bond donors (Lipinski definition) is 0. The fourth-order valence-corrected chi connectivity index (χ4v) is 7.57. The summed E-state index contributed by atoms with van der Waals surface area (Å²) < 4.78 is 65.9. The lowest BCUT2D eigenvalue weighted by Gasteiger charge is -2.24. The molecular formula is C27H27FO4S2. The molecule has 3 rings (SSSR count). The number of allylic oxidation sites excluding steroid dienone is 1. The molecule has 0 aliphatic rings. The van der Waals surface area contributed by atoms with Gasteiger partial charge in [-0.2, -0.15) is 0 Å². The quantitative estimate of drug-likeness (QED) is 0.338. The smallest absolute Gasteiger partial charge is 0.219 e. The first kappa shape index (κ1) is 25.6. The molecule has 178 valence electrons. The van der Waals surface area contributed by atoms with Gasteiger partial charge in [0.2, 0.25) is 19.7 Å². The Bertz CT molecular complexity index is 1310. The second kappa shape index (κ2) is 10.1. The minimum Gasteiger partial charge on any atom is -0.219 e. The van der Waals surface area contributed by atoms with E-state index in [1.165, 1.54) is 48.5 Å². The average Bonchev–Trinajstić information content (AvgIpc) is 2.85. The summed E-state index contributed by atoms with van der Waals surface area (Å²) in [5, 5.41) is 0. The molecule has 0 saturated heterocycles. The molecular weight excluding hydrogens is 471 g/mol. The Hall–Kier alpha value is -2.99. The van der Waals surface area contributed by atoms with Gasteiger partial charge in [-0.25, -0.2) is 21.2 Å². The van der Waals surface area contributed by atoms with E-state index in [1.54, 1.807) is 18.2 Å². The van der Waals surface area contributed by atoms with Crippen LogP contribution in [0.25, 0.3) is 0 Å². The molecule has 4 nitrogen and oxygen atoms in total. The molecule has 0 aromatic heterocycles. The van der Waals surface area contributed by atoms with Gasteiger partial charge in [0, 0.05) is 6.42 Å². The normalized spacial score (nSPS) is 12.6. The average molecular weight is 499 g/mol. The van der Waals surface area contributed by atoms with Crippen molar-refractivity contribution in [1.82, 2.24) is 0 Å². The van der Waals surface area contributed by atoms with E-state index in [0.29, 0.717) is 6.42 Å². The van der Waals surface area contributed by atoms with Crippen LogP contribution >= 0.6 is 0 Å². The highest BCUT2D eigenvalue weighted by atomic mass is 32.3. The van der Waals surface area contributed by atoms with Crippen molar-refractivity contribution in [2.24, 2.45) is 0 Å². The summed E-state index contributed by atoms with van der Waals surface area (Å²) in [5.74, 6) is 0. The monoisotopic (exact) mass is 498 g/mol. The van der Waals surface area contributed by atoms with E-state index in [0.717, 1.165) is 11.6 Å². The van der Waals surface area contributed by atoms with E-state index in [-0.39, 0.29) is 5.41 Å². The summed E-state index contributed by atoms with van der Waals surface area (Å²) in [6.07, 6.45) is 2.45. The molecule has 3 aromatic rings. The highest BCUT2D eigenvalue weighted by Gasteiger charge is 2.56. The van der Waals surface area contributed by atoms with Gasteiger partial charge >= 0.3 is 4.33 Å². The van der Waals surface area contributed by atoms with E-state index < -0.39 is 40.2 Å². The number of sulfone groups is 2. The maximum atomic E-state index is 16.4. The highest BCUT2D eigenvalue weighted by molar-refractivity contribution is 8.10. The lowest BCUT2D eigenvalue weighted by molar-refractivity contribution is 0.358. The van der Waals surface area contributed by atoms with E-state index in [2.05, 4.69) is 5.73 Å². The van der Waals surface area contributed by atoms with Gasteiger partial charge in [-0.05, 0) is 53.8 Å². The van der Waals surface area contributed by atoms with Gasteiger partial charge in [-0.1, -0.05) is 80.6 Å². The van der Waals surface area contributed by atoms with Gasteiger partial charge in [-0.3, -0.25) is 0 Å². The van der Waals surface area contributed by atoms with Crippen LogP contribution in [0, 0.1) is 0 Å². The van der Waals surface area contributed by atoms with Crippen LogP contribution in [-0.4, -0.2) is 21.2 Å². The molecule has 0 aliphatic heterocycles. The molecule has 0 amide bonds. The molecule has 0 saturated carbocycles. The van der Waals surface area contributed by atoms with Crippen LogP contribution in [-0.2, 0) is 25.1 Å². The zero-order valence-corrected chi connectivity index (χ0v) is 20.7. The Morgan fingerprint density at radius 1 is 0.676 bits per heavy atom. The Morgan fingerprint density at radius 2 is 1.06 bits per heavy atom. The van der Waals surface area contributed by atoms with Crippen molar-refractivity contribution in [2.45, 2.75) is 46.2 Å². The zero-order chi connectivity index (χ0) is 24.9. The first-order valence-corrected chi connectivity index (χ1v) is 13.7. The second-order valence-electron chi connectivity index (χ2n) is 8.53. The number of benzene rings is 3. The van der Waals surface area contributed by atoms with Gasteiger partial charge in [0.25, 0.3) is 0 Å². The van der Waals surface area contributed by atoms with Gasteiger partial charge in [0.1, 0.15) is 0 Å². The molecule has 34 heavy (non-hydrogen) atoms. The van der Waals surface area contributed by atoms with Crippen molar-refractivity contribution >= 4 is 19.7 Å². The maximum Gasteiger partial charge on any atom is 0.321 e. The van der Waals surface area contributed by atoms with Crippen LogP contribution in [0.2, 0.25) is 0 Å². The van der Waals surface area contributed by atoms with Gasteiger partial charge in [0.15, 0.2) is 0 Å². The van der Waals surface area contributed by atoms with Gasteiger partial charge in [-0.15, -0.1) is 5.73 Å². The van der Waals surface area contributed by atoms with E-state index in [4.69, 9.17) is 0 Å². The van der Waals surface area contributed by atoms with E-state index in [9.17, 15) is 16.8 Å². The SMILES string of the molecule is CC(C)(CC=C=CCC(F)(S(=O)(=O)c1ccccc1)S(=O)(=O)c1ccccc1)c1ccccc1. The van der Waals surface area contributed by atoms with Crippen molar-refractivity contribution < 1.29 is 21.2 Å². The predicted octanol–water partition coefficient (Wildman–Crippen LogP) is 6.03. The van der Waals surface area contributed by atoms with E-state index in [1.807, 2.05) is 44.2 Å². The molecule has 0 heterocycles. The first-order valence-electron chi connectivity index (χ1n) is 10.8. The standard InChI is InChI=1S/C27H27FO4S2/c1-26(2,23-15-7-3-8-16-23)21-13-6-14-22-27(28,33(29,30)24-17-9-4-10-18-24)34(31,32)25-19-11-5-12-20-25/h3-5,7-20H,21-22H2,1-2H3. The molecule has 3 aromatic carbocycles. The first-order chi connectivity index (χ1) is 16.0. The minimum atomic E-state index is -4.90. The fraction of sp³-hybridized carbons (Fsp3) is 0.222. The minimum absolute atomic E-state index is 0.235. The molecule has 0 spiro atoms. The van der Waals surface area contributed by atoms with Crippen LogP contribution in [0.4, 0.5) is 4.39 Å². The number of alkyl halides is 1. The lowest BCUT2D eigenvalue weighted by atomic mass is 9.82. The van der Waals surface area contributed by atoms with Crippen molar-refractivity contribution in [3.63, 3.8) is 0 Å². The largest absolute Gasteiger partial charge is 0.321 e. The summed E-state index contributed by atoms with van der Waals surface area (Å²) in [4.78, 5) is -0.806. The van der Waals surface area contributed by atoms with Crippen molar-refractivity contribution in [3.8, 4) is 0 Å². The zero-order valence-electron chi connectivity index (χ0n) is 19.1. The third-order valence-electron chi connectivity index (χ3n) is 5.66. The summed E-state index contributed by atoms with van der Waals surface area (Å²) in [7, 11) is -9.81. The van der Waals surface area contributed by atoms with Crippen molar-refractivity contribution in [1.29, 1.82) is 0 Å². The molecule has 0 radical (unpaired) electrons. The Kier molecular flexibility index (Phi) is 7.61. The molecule has 0 aliphatic carbocycles. The summed E-state index contributed by atoms with van der Waals surface area (Å²) in [6, 6.07) is 23.4. The van der Waals surface area contributed by atoms with Crippen LogP contribution < -0.4 is 0 Å². The predicted molar refractivity (Wildman–Crippen MR) is 132 cm³/mol. The van der Waals surface area contributed by atoms with Gasteiger partial charge in [0.05, 0.1) is 9.79 Å². The number of halogens is 1. The molecule has 0 bridgehead atoms. The Labute approximate surface area is 201 Å². The topological polar surface area (TPSA) is 68.3 Å². The van der Waals surface area contributed by atoms with Crippen LogP contribution in [0.1, 0.15) is 32.3 Å². The molecule has 7 heteroatoms. The molecule has 0 N–H and O–H groups in total.